The zero-order valence-corrected chi connectivity index (χ0v) is 23.4. The minimum atomic E-state index is -0.805. The molecule has 0 aliphatic carbocycles. The molecule has 1 aliphatic rings. The number of terminal acetylenes is 1. The van der Waals surface area contributed by atoms with Crippen molar-refractivity contribution in [3.63, 3.8) is 0 Å². The molecule has 7 nitrogen and oxygen atoms in total. The van der Waals surface area contributed by atoms with E-state index in [1.165, 1.54) is 23.0 Å². The molecule has 0 amide bonds. The fraction of sp³-hybridized carbons (Fsp3) is 0.222. The maximum absolute atomic E-state index is 13.9. The molecule has 2 heterocycles. The van der Waals surface area contributed by atoms with Gasteiger partial charge in [-0.05, 0) is 43.7 Å². The van der Waals surface area contributed by atoms with Crippen molar-refractivity contribution in [2.24, 2.45) is 4.99 Å². The van der Waals surface area contributed by atoms with E-state index < -0.39 is 12.0 Å². The van der Waals surface area contributed by atoms with Gasteiger partial charge in [-0.1, -0.05) is 63.0 Å². The summed E-state index contributed by atoms with van der Waals surface area (Å²) in [5, 5.41) is 0.417. The molecule has 3 aromatic rings. The van der Waals surface area contributed by atoms with E-state index in [9.17, 15) is 9.59 Å². The van der Waals surface area contributed by atoms with E-state index in [4.69, 9.17) is 32.2 Å². The fourth-order valence-corrected chi connectivity index (χ4v) is 5.77. The van der Waals surface area contributed by atoms with Gasteiger partial charge in [0.1, 0.15) is 12.6 Å². The highest BCUT2D eigenvalue weighted by Crippen LogP contribution is 2.36. The molecule has 0 unspecified atom stereocenters. The van der Waals surface area contributed by atoms with E-state index in [1.54, 1.807) is 56.3 Å². The molecule has 1 atom stereocenters. The largest absolute Gasteiger partial charge is 0.493 e. The third-order valence-corrected chi connectivity index (χ3v) is 7.36. The highest BCUT2D eigenvalue weighted by Gasteiger charge is 2.34. The number of aromatic nitrogens is 1. The fourth-order valence-electron chi connectivity index (χ4n) is 4.04. The average molecular weight is 602 g/mol. The predicted octanol–water partition coefficient (Wildman–Crippen LogP) is 4.23. The van der Waals surface area contributed by atoms with Crippen LogP contribution in [0.15, 0.2) is 61.9 Å². The second-order valence-corrected chi connectivity index (χ2v) is 10.2. The molecule has 2 aromatic carbocycles. The first-order valence-electron chi connectivity index (χ1n) is 11.2. The number of benzene rings is 2. The third kappa shape index (κ3) is 5.23. The van der Waals surface area contributed by atoms with Crippen molar-refractivity contribution in [3.8, 4) is 23.8 Å². The van der Waals surface area contributed by atoms with E-state index in [0.717, 1.165) is 4.47 Å². The van der Waals surface area contributed by atoms with Crippen LogP contribution in [0.25, 0.3) is 6.08 Å². The van der Waals surface area contributed by atoms with Crippen molar-refractivity contribution in [3.05, 3.63) is 88.0 Å². The minimum Gasteiger partial charge on any atom is -0.493 e. The second kappa shape index (κ2) is 11.4. The van der Waals surface area contributed by atoms with E-state index in [1.807, 2.05) is 0 Å². The lowest BCUT2D eigenvalue weighted by atomic mass is 9.96. The number of allylic oxidation sites excluding steroid dienone is 1. The van der Waals surface area contributed by atoms with Crippen LogP contribution in [0, 0.1) is 12.3 Å². The second-order valence-electron chi connectivity index (χ2n) is 7.84. The van der Waals surface area contributed by atoms with Gasteiger partial charge in [0.15, 0.2) is 16.3 Å². The van der Waals surface area contributed by atoms with Crippen molar-refractivity contribution in [1.82, 2.24) is 4.57 Å². The molecule has 1 aromatic heterocycles. The van der Waals surface area contributed by atoms with Gasteiger partial charge in [-0.15, -0.1) is 6.42 Å². The number of hydrogen-bond donors (Lipinski definition) is 0. The molecule has 0 saturated heterocycles. The number of halogens is 2. The van der Waals surface area contributed by atoms with Crippen LogP contribution >= 0.6 is 38.9 Å². The van der Waals surface area contributed by atoms with Crippen LogP contribution < -0.4 is 24.4 Å². The van der Waals surface area contributed by atoms with Gasteiger partial charge in [-0.2, -0.15) is 0 Å². The first-order valence-corrected chi connectivity index (χ1v) is 13.2. The highest BCUT2D eigenvalue weighted by molar-refractivity contribution is 9.10. The lowest BCUT2D eigenvalue weighted by molar-refractivity contribution is -0.139. The van der Waals surface area contributed by atoms with Gasteiger partial charge in [0.25, 0.3) is 5.56 Å². The molecule has 0 spiro atoms. The smallest absolute Gasteiger partial charge is 0.338 e. The standard InChI is InChI=1S/C27H22BrClN2O5S/c1-5-11-36-24-16(12-17(28)14-20(24)34-4)13-21-25(32)31-23(18-9-7-8-10-19(18)29)22(26(33)35-6-2)15(3)30-27(31)37-21/h1,7-10,12-14,23H,6,11H2,2-4H3/b21-13-/t23-/m0/s1. The number of hydrogen-bond acceptors (Lipinski definition) is 7. The lowest BCUT2D eigenvalue weighted by Crippen LogP contribution is -2.40. The highest BCUT2D eigenvalue weighted by atomic mass is 79.9. The molecule has 37 heavy (non-hydrogen) atoms. The molecule has 0 fully saturated rings. The van der Waals surface area contributed by atoms with E-state index in [0.29, 0.717) is 42.7 Å². The van der Waals surface area contributed by atoms with Crippen molar-refractivity contribution >= 4 is 50.9 Å². The topological polar surface area (TPSA) is 79.1 Å². The van der Waals surface area contributed by atoms with Crippen LogP contribution in [0.2, 0.25) is 5.02 Å². The van der Waals surface area contributed by atoms with Gasteiger partial charge in [0, 0.05) is 15.1 Å². The normalized spacial score (nSPS) is 15.0. The summed E-state index contributed by atoms with van der Waals surface area (Å²) in [6.45, 7) is 3.65. The lowest BCUT2D eigenvalue weighted by Gasteiger charge is -2.25. The zero-order valence-electron chi connectivity index (χ0n) is 20.2. The summed E-state index contributed by atoms with van der Waals surface area (Å²) in [4.78, 5) is 31.9. The quantitative estimate of drug-likeness (QED) is 0.299. The first-order chi connectivity index (χ1) is 17.8. The van der Waals surface area contributed by atoms with Crippen LogP contribution in [-0.2, 0) is 9.53 Å². The maximum atomic E-state index is 13.9. The summed E-state index contributed by atoms with van der Waals surface area (Å²) in [5.74, 6) is 2.75. The maximum Gasteiger partial charge on any atom is 0.338 e. The number of esters is 1. The molecule has 1 aliphatic heterocycles. The number of methoxy groups -OCH3 is 1. The van der Waals surface area contributed by atoms with Crippen molar-refractivity contribution in [2.45, 2.75) is 19.9 Å². The summed E-state index contributed by atoms with van der Waals surface area (Å²) < 4.78 is 19.1. The van der Waals surface area contributed by atoms with Crippen LogP contribution in [0.5, 0.6) is 11.5 Å². The molecule has 0 saturated carbocycles. The van der Waals surface area contributed by atoms with Crippen molar-refractivity contribution < 1.29 is 19.0 Å². The Morgan fingerprint density at radius 2 is 2.11 bits per heavy atom. The summed E-state index contributed by atoms with van der Waals surface area (Å²) >= 11 is 11.2. The molecule has 0 radical (unpaired) electrons. The summed E-state index contributed by atoms with van der Waals surface area (Å²) in [7, 11) is 1.52. The number of fused-ring (bicyclic) bond motifs is 1. The Morgan fingerprint density at radius 1 is 1.35 bits per heavy atom. The van der Waals surface area contributed by atoms with Gasteiger partial charge >= 0.3 is 5.97 Å². The Bertz CT molecular complexity index is 1630. The first kappa shape index (κ1) is 26.7. The van der Waals surface area contributed by atoms with Gasteiger partial charge in [-0.3, -0.25) is 9.36 Å². The zero-order chi connectivity index (χ0) is 26.7. The molecule has 4 rings (SSSR count). The van der Waals surface area contributed by atoms with Crippen LogP contribution in [0.3, 0.4) is 0 Å². The Balaban J connectivity index is 1.99. The molecule has 0 N–H and O–H groups in total. The van der Waals surface area contributed by atoms with Crippen LogP contribution in [0.4, 0.5) is 0 Å². The molecule has 10 heteroatoms. The number of ether oxygens (including phenoxy) is 3. The van der Waals surface area contributed by atoms with Gasteiger partial charge in [-0.25, -0.2) is 9.79 Å². The molecular formula is C27H22BrClN2O5S. The predicted molar refractivity (Wildman–Crippen MR) is 147 cm³/mol. The van der Waals surface area contributed by atoms with E-state index in [-0.39, 0.29) is 24.3 Å². The SMILES string of the molecule is C#CCOc1c(/C=c2\sc3n(c2=O)[C@@H](c2ccccc2Cl)C(C(=O)OCC)=C(C)N=3)cc(Br)cc1OC. The number of rotatable bonds is 7. The molecular weight excluding hydrogens is 580 g/mol. The minimum absolute atomic E-state index is 0.0225. The van der Waals surface area contributed by atoms with Crippen molar-refractivity contribution in [1.29, 1.82) is 0 Å². The molecule has 190 valence electrons. The van der Waals surface area contributed by atoms with Gasteiger partial charge in [0.05, 0.1) is 29.5 Å². The Morgan fingerprint density at radius 3 is 2.78 bits per heavy atom. The van der Waals surface area contributed by atoms with Gasteiger partial charge < -0.3 is 14.2 Å². The Hall–Kier alpha value is -3.32. The number of nitrogens with zero attached hydrogens (tertiary/aromatic N) is 2. The van der Waals surface area contributed by atoms with Crippen LogP contribution in [-0.4, -0.2) is 30.9 Å². The number of carbonyl (C=O) groups excluding carboxylic acids is 1. The number of thiazole rings is 1. The Kier molecular flexibility index (Phi) is 8.22. The summed E-state index contributed by atoms with van der Waals surface area (Å²) in [5.41, 5.74) is 1.55. The van der Waals surface area contributed by atoms with Crippen LogP contribution in [0.1, 0.15) is 31.0 Å². The summed E-state index contributed by atoms with van der Waals surface area (Å²) in [6, 6.07) is 9.83. The summed E-state index contributed by atoms with van der Waals surface area (Å²) in [6.07, 6.45) is 7.08. The van der Waals surface area contributed by atoms with Crippen molar-refractivity contribution in [2.75, 3.05) is 20.3 Å². The Labute approximate surface area is 230 Å². The molecule has 0 bridgehead atoms. The monoisotopic (exact) mass is 600 g/mol. The average Bonchev–Trinajstić information content (AvgIpc) is 3.17. The number of carbonyl (C=O) groups is 1. The third-order valence-electron chi connectivity index (χ3n) is 5.57. The van der Waals surface area contributed by atoms with E-state index >= 15 is 0 Å². The van der Waals surface area contributed by atoms with Gasteiger partial charge in [0.2, 0.25) is 0 Å². The van der Waals surface area contributed by atoms with E-state index in [2.05, 4.69) is 26.8 Å².